The van der Waals surface area contributed by atoms with Crippen LogP contribution in [0.25, 0.3) is 0 Å². The lowest BCUT2D eigenvalue weighted by molar-refractivity contribution is 0.385. The Morgan fingerprint density at radius 2 is 1.68 bits per heavy atom. The van der Waals surface area contributed by atoms with Gasteiger partial charge < -0.3 is 9.47 Å². The van der Waals surface area contributed by atoms with Gasteiger partial charge in [-0.05, 0) is 12.1 Å². The van der Waals surface area contributed by atoms with Gasteiger partial charge in [0.25, 0.3) is 0 Å². The summed E-state index contributed by atoms with van der Waals surface area (Å²) in [6.07, 6.45) is 0. The van der Waals surface area contributed by atoms with E-state index in [9.17, 15) is 8.42 Å². The van der Waals surface area contributed by atoms with Crippen molar-refractivity contribution in [2.45, 2.75) is 29.7 Å². The minimum absolute atomic E-state index is 0.326. The Morgan fingerprint density at radius 3 is 2.00 bits per heavy atom. The molecule has 0 saturated heterocycles. The number of thioether (sulfide) groups is 1. The Morgan fingerprint density at radius 1 is 1.21 bits per heavy atom. The fourth-order valence-electron chi connectivity index (χ4n) is 1.61. The number of hydrogen-bond acceptors (Lipinski definition) is 5. The lowest BCUT2D eigenvalue weighted by Crippen LogP contribution is -2.02. The van der Waals surface area contributed by atoms with Gasteiger partial charge in [0.2, 0.25) is 9.05 Å². The maximum atomic E-state index is 11.2. The molecule has 7 heteroatoms. The van der Waals surface area contributed by atoms with Crippen LogP contribution in [-0.4, -0.2) is 27.9 Å². The summed E-state index contributed by atoms with van der Waals surface area (Å²) in [5, 5.41) is 0.400. The van der Waals surface area contributed by atoms with Crippen molar-refractivity contribution in [2.75, 3.05) is 14.2 Å². The first kappa shape index (κ1) is 16.5. The zero-order valence-corrected chi connectivity index (χ0v) is 13.7. The highest BCUT2D eigenvalue weighted by atomic mass is 35.7. The Kier molecular flexibility index (Phi) is 5.82. The molecule has 0 saturated carbocycles. The van der Waals surface area contributed by atoms with E-state index in [2.05, 4.69) is 13.8 Å². The summed E-state index contributed by atoms with van der Waals surface area (Å²) in [6, 6.07) is 3.59. The van der Waals surface area contributed by atoms with E-state index in [1.165, 1.54) is 14.2 Å². The van der Waals surface area contributed by atoms with Crippen molar-refractivity contribution >= 4 is 31.5 Å². The molecular weight excluding hydrogens is 308 g/mol. The Hall–Kier alpha value is -0.590. The zero-order valence-electron chi connectivity index (χ0n) is 11.3. The molecule has 108 valence electrons. The van der Waals surface area contributed by atoms with Crippen molar-refractivity contribution in [3.8, 4) is 11.5 Å². The molecule has 1 aromatic rings. The van der Waals surface area contributed by atoms with E-state index in [0.717, 1.165) is 4.90 Å². The average molecular weight is 325 g/mol. The van der Waals surface area contributed by atoms with Gasteiger partial charge in [-0.2, -0.15) is 0 Å². The second-order valence-electron chi connectivity index (χ2n) is 4.16. The van der Waals surface area contributed by atoms with Crippen molar-refractivity contribution in [1.82, 2.24) is 0 Å². The quantitative estimate of drug-likeness (QED) is 0.594. The number of rotatable bonds is 6. The summed E-state index contributed by atoms with van der Waals surface area (Å²) in [7, 11) is 4.61. The average Bonchev–Trinajstić information content (AvgIpc) is 2.28. The van der Waals surface area contributed by atoms with Gasteiger partial charge in [0, 0.05) is 20.8 Å². The minimum atomic E-state index is -3.67. The van der Waals surface area contributed by atoms with Gasteiger partial charge in [0.15, 0.2) is 0 Å². The van der Waals surface area contributed by atoms with Gasteiger partial charge in [-0.3, -0.25) is 0 Å². The number of halogens is 1. The number of ether oxygens (including phenoxy) is 2. The Balaban J connectivity index is 3.29. The van der Waals surface area contributed by atoms with E-state index in [0.29, 0.717) is 22.3 Å². The van der Waals surface area contributed by atoms with Gasteiger partial charge in [0.1, 0.15) is 11.5 Å². The monoisotopic (exact) mass is 324 g/mol. The Labute approximate surface area is 122 Å². The maximum absolute atomic E-state index is 11.2. The standard InChI is InChI=1S/C12H17ClO4S2/c1-8(2)18-9-5-11(16-3)10(7-19(13,14)15)12(6-9)17-4/h5-6,8H,7H2,1-4H3. The van der Waals surface area contributed by atoms with Crippen molar-refractivity contribution in [3.63, 3.8) is 0 Å². The molecule has 0 amide bonds. The van der Waals surface area contributed by atoms with Crippen LogP contribution in [-0.2, 0) is 14.8 Å². The molecule has 19 heavy (non-hydrogen) atoms. The van der Waals surface area contributed by atoms with E-state index in [4.69, 9.17) is 20.2 Å². The SMILES string of the molecule is COc1cc(SC(C)C)cc(OC)c1CS(=O)(=O)Cl. The van der Waals surface area contributed by atoms with Crippen molar-refractivity contribution < 1.29 is 17.9 Å². The highest BCUT2D eigenvalue weighted by Crippen LogP contribution is 2.37. The van der Waals surface area contributed by atoms with Crippen LogP contribution >= 0.6 is 22.4 Å². The van der Waals surface area contributed by atoms with Crippen LogP contribution in [0.4, 0.5) is 0 Å². The highest BCUT2D eigenvalue weighted by Gasteiger charge is 2.19. The predicted octanol–water partition coefficient (Wildman–Crippen LogP) is 3.27. The topological polar surface area (TPSA) is 52.6 Å². The third-order valence-corrected chi connectivity index (χ3v) is 4.21. The number of benzene rings is 1. The molecule has 0 spiro atoms. The number of methoxy groups -OCH3 is 2. The third kappa shape index (κ3) is 5.12. The van der Waals surface area contributed by atoms with Crippen LogP contribution in [0.2, 0.25) is 0 Å². The van der Waals surface area contributed by atoms with Crippen LogP contribution in [0.15, 0.2) is 17.0 Å². The van der Waals surface area contributed by atoms with Crippen LogP contribution < -0.4 is 9.47 Å². The molecule has 0 atom stereocenters. The molecule has 0 aliphatic carbocycles. The molecule has 0 aliphatic heterocycles. The maximum Gasteiger partial charge on any atom is 0.237 e. The first-order chi connectivity index (χ1) is 8.76. The van der Waals surface area contributed by atoms with Gasteiger partial charge in [0.05, 0.1) is 25.5 Å². The second-order valence-corrected chi connectivity index (χ2v) is 8.58. The molecule has 0 aromatic heterocycles. The lowest BCUT2D eigenvalue weighted by atomic mass is 10.2. The molecule has 0 aliphatic rings. The normalized spacial score (nSPS) is 11.7. The van der Waals surface area contributed by atoms with Crippen molar-refractivity contribution in [2.24, 2.45) is 0 Å². The van der Waals surface area contributed by atoms with Gasteiger partial charge in [-0.1, -0.05) is 13.8 Å². The molecule has 1 rings (SSSR count). The fraction of sp³-hybridized carbons (Fsp3) is 0.500. The molecular formula is C12H17ClO4S2. The summed E-state index contributed by atoms with van der Waals surface area (Å²) in [6.45, 7) is 4.14. The van der Waals surface area contributed by atoms with E-state index < -0.39 is 9.05 Å². The molecule has 0 fully saturated rings. The third-order valence-electron chi connectivity index (χ3n) is 2.27. The van der Waals surface area contributed by atoms with E-state index in [1.807, 2.05) is 0 Å². The summed E-state index contributed by atoms with van der Waals surface area (Å²) >= 11 is 1.64. The molecule has 0 unspecified atom stereocenters. The van der Waals surface area contributed by atoms with E-state index in [1.54, 1.807) is 23.9 Å². The van der Waals surface area contributed by atoms with Crippen LogP contribution in [0, 0.1) is 0 Å². The second kappa shape index (κ2) is 6.72. The molecule has 0 radical (unpaired) electrons. The summed E-state index contributed by atoms with van der Waals surface area (Å²) in [5.41, 5.74) is 0.438. The van der Waals surface area contributed by atoms with Gasteiger partial charge >= 0.3 is 0 Å². The van der Waals surface area contributed by atoms with Gasteiger partial charge in [-0.25, -0.2) is 8.42 Å². The number of hydrogen-bond donors (Lipinski definition) is 0. The van der Waals surface area contributed by atoms with Crippen LogP contribution in [0.1, 0.15) is 19.4 Å². The highest BCUT2D eigenvalue weighted by molar-refractivity contribution is 8.13. The lowest BCUT2D eigenvalue weighted by Gasteiger charge is -2.15. The smallest absolute Gasteiger partial charge is 0.237 e. The first-order valence-electron chi connectivity index (χ1n) is 5.60. The summed E-state index contributed by atoms with van der Waals surface area (Å²) < 4.78 is 33.0. The van der Waals surface area contributed by atoms with Crippen LogP contribution in [0.5, 0.6) is 11.5 Å². The van der Waals surface area contributed by atoms with Gasteiger partial charge in [-0.15, -0.1) is 11.8 Å². The fourth-order valence-corrected chi connectivity index (χ4v) is 3.47. The molecule has 0 N–H and O–H groups in total. The Bertz CT molecular complexity index is 516. The molecule has 1 aromatic carbocycles. The summed E-state index contributed by atoms with van der Waals surface area (Å²) in [5.74, 6) is 0.603. The molecule has 4 nitrogen and oxygen atoms in total. The zero-order chi connectivity index (χ0) is 14.6. The molecule has 0 heterocycles. The van der Waals surface area contributed by atoms with Crippen molar-refractivity contribution in [3.05, 3.63) is 17.7 Å². The van der Waals surface area contributed by atoms with Crippen molar-refractivity contribution in [1.29, 1.82) is 0 Å². The minimum Gasteiger partial charge on any atom is -0.496 e. The predicted molar refractivity (Wildman–Crippen MR) is 79.0 cm³/mol. The van der Waals surface area contributed by atoms with E-state index >= 15 is 0 Å². The summed E-state index contributed by atoms with van der Waals surface area (Å²) in [4.78, 5) is 0.958. The molecule has 0 bridgehead atoms. The van der Waals surface area contributed by atoms with E-state index in [-0.39, 0.29) is 5.75 Å². The van der Waals surface area contributed by atoms with Crippen LogP contribution in [0.3, 0.4) is 0 Å². The first-order valence-corrected chi connectivity index (χ1v) is 8.96. The largest absolute Gasteiger partial charge is 0.496 e.